The van der Waals surface area contributed by atoms with E-state index in [1.165, 1.54) is 6.20 Å². The van der Waals surface area contributed by atoms with Crippen LogP contribution in [0.15, 0.2) is 18.5 Å². The molecule has 7 nitrogen and oxygen atoms in total. The van der Waals surface area contributed by atoms with Gasteiger partial charge in [0, 0.05) is 31.9 Å². The van der Waals surface area contributed by atoms with Gasteiger partial charge in [0.2, 0.25) is 5.95 Å². The number of hydrogen-bond donors (Lipinski definition) is 2. The Morgan fingerprint density at radius 1 is 1.10 bits per heavy atom. The molecule has 0 spiro atoms. The number of nitrogens with two attached hydrogens (primary N) is 2. The van der Waals surface area contributed by atoms with Crippen LogP contribution < -0.4 is 21.1 Å². The predicted molar refractivity (Wildman–Crippen MR) is 83.6 cm³/mol. The highest BCUT2D eigenvalue weighted by atomic mass is 16.5. The van der Waals surface area contributed by atoms with E-state index in [-0.39, 0.29) is 17.7 Å². The molecule has 0 aliphatic rings. The van der Waals surface area contributed by atoms with Gasteiger partial charge in [0.15, 0.2) is 11.6 Å². The van der Waals surface area contributed by atoms with Gasteiger partial charge in [-0.25, -0.2) is 9.97 Å². The van der Waals surface area contributed by atoms with Crippen LogP contribution in [0.5, 0.6) is 11.5 Å². The van der Waals surface area contributed by atoms with Crippen molar-refractivity contribution in [3.8, 4) is 11.5 Å². The molecule has 0 unspecified atom stereocenters. The zero-order chi connectivity index (χ0) is 15.6. The van der Waals surface area contributed by atoms with E-state index >= 15 is 0 Å². The van der Waals surface area contributed by atoms with Crippen molar-refractivity contribution in [1.29, 1.82) is 0 Å². The highest BCUT2D eigenvalue weighted by molar-refractivity contribution is 5.53. The molecule has 112 valence electrons. The van der Waals surface area contributed by atoms with E-state index < -0.39 is 0 Å². The minimum absolute atomic E-state index is 0.118. The lowest BCUT2D eigenvalue weighted by Crippen LogP contribution is -2.11. The van der Waals surface area contributed by atoms with Gasteiger partial charge in [-0.2, -0.15) is 4.98 Å². The number of rotatable bonds is 4. The van der Waals surface area contributed by atoms with Crippen molar-refractivity contribution < 1.29 is 4.74 Å². The zero-order valence-corrected chi connectivity index (χ0v) is 12.7. The maximum absolute atomic E-state index is 5.88. The fourth-order valence-corrected chi connectivity index (χ4v) is 1.80. The maximum Gasteiger partial charge on any atom is 0.222 e. The molecule has 0 saturated heterocycles. The second-order valence-electron chi connectivity index (χ2n) is 5.21. The minimum Gasteiger partial charge on any atom is -0.451 e. The molecule has 0 saturated carbocycles. The smallest absolute Gasteiger partial charge is 0.222 e. The molecular formula is C14H20N6O. The number of nitrogen functional groups attached to an aromatic ring is 2. The number of hydrogen-bond acceptors (Lipinski definition) is 7. The first kappa shape index (κ1) is 14.8. The molecule has 2 aromatic heterocycles. The third-order valence-corrected chi connectivity index (χ3v) is 2.98. The predicted octanol–water partition coefficient (Wildman–Crippen LogP) is 2.02. The first-order valence-electron chi connectivity index (χ1n) is 6.61. The molecule has 0 atom stereocenters. The number of pyridine rings is 1. The van der Waals surface area contributed by atoms with E-state index in [0.717, 1.165) is 11.4 Å². The van der Waals surface area contributed by atoms with Gasteiger partial charge in [-0.1, -0.05) is 13.8 Å². The lowest BCUT2D eigenvalue weighted by Gasteiger charge is -2.18. The molecule has 0 bridgehead atoms. The summed E-state index contributed by atoms with van der Waals surface area (Å²) in [5, 5.41) is 0. The van der Waals surface area contributed by atoms with Gasteiger partial charge in [0.1, 0.15) is 11.6 Å². The van der Waals surface area contributed by atoms with Crippen LogP contribution in [-0.2, 0) is 0 Å². The Balaban J connectivity index is 2.43. The molecule has 2 aromatic rings. The van der Waals surface area contributed by atoms with E-state index in [2.05, 4.69) is 28.8 Å². The summed E-state index contributed by atoms with van der Waals surface area (Å²) < 4.78 is 5.88. The van der Waals surface area contributed by atoms with Crippen molar-refractivity contribution in [2.75, 3.05) is 30.5 Å². The van der Waals surface area contributed by atoms with E-state index in [1.54, 1.807) is 0 Å². The Bertz CT molecular complexity index is 641. The summed E-state index contributed by atoms with van der Waals surface area (Å²) in [6, 6.07) is 1.87. The molecule has 4 N–H and O–H groups in total. The van der Waals surface area contributed by atoms with Crippen molar-refractivity contribution in [2.24, 2.45) is 0 Å². The quantitative estimate of drug-likeness (QED) is 0.887. The van der Waals surface area contributed by atoms with Gasteiger partial charge in [-0.3, -0.25) is 0 Å². The van der Waals surface area contributed by atoms with Gasteiger partial charge in [-0.15, -0.1) is 0 Å². The third-order valence-electron chi connectivity index (χ3n) is 2.98. The molecule has 0 aliphatic heterocycles. The molecule has 0 radical (unpaired) electrons. The molecule has 7 heteroatoms. The summed E-state index contributed by atoms with van der Waals surface area (Å²) >= 11 is 0. The van der Waals surface area contributed by atoms with Gasteiger partial charge in [-0.05, 0) is 5.92 Å². The molecule has 2 rings (SSSR count). The van der Waals surface area contributed by atoms with E-state index in [0.29, 0.717) is 11.5 Å². The van der Waals surface area contributed by atoms with Crippen molar-refractivity contribution in [1.82, 2.24) is 15.0 Å². The SMILES string of the molecule is CC(C)c1cnc(N(C)C)cc1Oc1cnc(N)nc1N. The number of aromatic nitrogens is 3. The van der Waals surface area contributed by atoms with Crippen molar-refractivity contribution in [3.05, 3.63) is 24.0 Å². The topological polar surface area (TPSA) is 103 Å². The molecule has 0 aliphatic carbocycles. The first-order chi connectivity index (χ1) is 9.88. The fourth-order valence-electron chi connectivity index (χ4n) is 1.80. The average molecular weight is 288 g/mol. The summed E-state index contributed by atoms with van der Waals surface area (Å²) in [7, 11) is 3.84. The number of ether oxygens (including phenoxy) is 1. The highest BCUT2D eigenvalue weighted by Gasteiger charge is 2.14. The summed E-state index contributed by atoms with van der Waals surface area (Å²) in [6.45, 7) is 4.14. The largest absolute Gasteiger partial charge is 0.451 e. The normalized spacial score (nSPS) is 10.7. The summed E-state index contributed by atoms with van der Waals surface area (Å²) in [6.07, 6.45) is 3.28. The second kappa shape index (κ2) is 5.82. The lowest BCUT2D eigenvalue weighted by atomic mass is 10.0. The van der Waals surface area contributed by atoms with Gasteiger partial charge < -0.3 is 21.1 Å². The highest BCUT2D eigenvalue weighted by Crippen LogP contribution is 2.33. The molecule has 0 fully saturated rings. The Morgan fingerprint density at radius 2 is 1.81 bits per heavy atom. The van der Waals surface area contributed by atoms with Crippen LogP contribution in [0.4, 0.5) is 17.6 Å². The van der Waals surface area contributed by atoms with E-state index in [1.807, 2.05) is 31.3 Å². The summed E-state index contributed by atoms with van der Waals surface area (Å²) in [5.74, 6) is 2.45. The lowest BCUT2D eigenvalue weighted by molar-refractivity contribution is 0.470. The van der Waals surface area contributed by atoms with Gasteiger partial charge in [0.25, 0.3) is 0 Å². The average Bonchev–Trinajstić information content (AvgIpc) is 2.41. The van der Waals surface area contributed by atoms with Crippen LogP contribution in [-0.4, -0.2) is 29.0 Å². The van der Waals surface area contributed by atoms with Crippen LogP contribution in [0.25, 0.3) is 0 Å². The van der Waals surface area contributed by atoms with Crippen molar-refractivity contribution >= 4 is 17.6 Å². The molecular weight excluding hydrogens is 268 g/mol. The molecule has 0 amide bonds. The Kier molecular flexibility index (Phi) is 4.11. The number of nitrogens with zero attached hydrogens (tertiary/aromatic N) is 4. The Labute approximate surface area is 124 Å². The van der Waals surface area contributed by atoms with Crippen molar-refractivity contribution in [3.63, 3.8) is 0 Å². The molecule has 21 heavy (non-hydrogen) atoms. The minimum atomic E-state index is 0.118. The van der Waals surface area contributed by atoms with Crippen LogP contribution in [0, 0.1) is 0 Å². The molecule has 2 heterocycles. The van der Waals surface area contributed by atoms with Crippen LogP contribution in [0.1, 0.15) is 25.3 Å². The van der Waals surface area contributed by atoms with Crippen LogP contribution in [0.3, 0.4) is 0 Å². The fraction of sp³-hybridized carbons (Fsp3) is 0.357. The second-order valence-corrected chi connectivity index (χ2v) is 5.21. The van der Waals surface area contributed by atoms with E-state index in [9.17, 15) is 0 Å². The third kappa shape index (κ3) is 3.31. The standard InChI is InChI=1S/C14H20N6O/c1-8(2)9-6-17-12(20(3)4)5-10(9)21-11-7-18-14(16)19-13(11)15/h5-8H,1-4H3,(H4,15,16,18,19). The first-order valence-corrected chi connectivity index (χ1v) is 6.61. The summed E-state index contributed by atoms with van der Waals surface area (Å²) in [5.41, 5.74) is 12.3. The van der Waals surface area contributed by atoms with Crippen LogP contribution >= 0.6 is 0 Å². The van der Waals surface area contributed by atoms with Gasteiger partial charge >= 0.3 is 0 Å². The zero-order valence-electron chi connectivity index (χ0n) is 12.7. The van der Waals surface area contributed by atoms with Crippen LogP contribution in [0.2, 0.25) is 0 Å². The maximum atomic E-state index is 5.88. The number of anilines is 3. The van der Waals surface area contributed by atoms with E-state index in [4.69, 9.17) is 16.2 Å². The van der Waals surface area contributed by atoms with Gasteiger partial charge in [0.05, 0.1) is 6.20 Å². The Morgan fingerprint density at radius 3 is 2.38 bits per heavy atom. The Hall–Kier alpha value is -2.57. The van der Waals surface area contributed by atoms with Crippen molar-refractivity contribution in [2.45, 2.75) is 19.8 Å². The summed E-state index contributed by atoms with van der Waals surface area (Å²) in [4.78, 5) is 14.1. The monoisotopic (exact) mass is 288 g/mol. The molecule has 0 aromatic carbocycles.